The molecular formula is C9H15N3O3S. The Morgan fingerprint density at radius 1 is 1.69 bits per heavy atom. The molecule has 1 aromatic rings. The van der Waals surface area contributed by atoms with Gasteiger partial charge in [0.1, 0.15) is 5.69 Å². The van der Waals surface area contributed by atoms with E-state index in [1.807, 2.05) is 6.26 Å². The zero-order valence-electron chi connectivity index (χ0n) is 9.11. The van der Waals surface area contributed by atoms with Crippen molar-refractivity contribution in [1.82, 2.24) is 15.3 Å². The van der Waals surface area contributed by atoms with Gasteiger partial charge >= 0.3 is 5.69 Å². The van der Waals surface area contributed by atoms with Gasteiger partial charge in [-0.15, -0.1) is 0 Å². The van der Waals surface area contributed by atoms with Gasteiger partial charge < -0.3 is 20.4 Å². The van der Waals surface area contributed by atoms with E-state index in [1.165, 1.54) is 18.0 Å². The third kappa shape index (κ3) is 3.14. The molecule has 16 heavy (non-hydrogen) atoms. The fourth-order valence-corrected chi connectivity index (χ4v) is 1.89. The summed E-state index contributed by atoms with van der Waals surface area (Å²) in [6.45, 7) is 1.80. The number of aromatic amines is 2. The van der Waals surface area contributed by atoms with E-state index in [1.54, 1.807) is 6.92 Å². The van der Waals surface area contributed by atoms with E-state index in [0.717, 1.165) is 0 Å². The third-order valence-electron chi connectivity index (χ3n) is 2.24. The quantitative estimate of drug-likeness (QED) is 0.564. The number of thioether (sulfide) groups is 1. The number of carbonyl (C=O) groups is 1. The van der Waals surface area contributed by atoms with Crippen molar-refractivity contribution in [1.29, 1.82) is 0 Å². The molecule has 0 radical (unpaired) electrons. The Bertz CT molecular complexity index is 397. The third-order valence-corrected chi connectivity index (χ3v) is 3.40. The van der Waals surface area contributed by atoms with Crippen LogP contribution in [-0.2, 0) is 0 Å². The molecule has 1 aromatic heterocycles. The maximum Gasteiger partial charge on any atom is 0.323 e. The molecule has 90 valence electrons. The van der Waals surface area contributed by atoms with Gasteiger partial charge in [-0.05, 0) is 13.2 Å². The number of H-pyrrole nitrogens is 2. The normalized spacial score (nSPS) is 14.4. The summed E-state index contributed by atoms with van der Waals surface area (Å²) in [7, 11) is 0. The summed E-state index contributed by atoms with van der Waals surface area (Å²) < 4.78 is 0. The maximum absolute atomic E-state index is 11.6. The van der Waals surface area contributed by atoms with E-state index in [-0.39, 0.29) is 29.5 Å². The molecule has 0 bridgehead atoms. The topological polar surface area (TPSA) is 98.0 Å². The molecular weight excluding hydrogens is 230 g/mol. The summed E-state index contributed by atoms with van der Waals surface area (Å²) in [6, 6.07) is -0.175. The Kier molecular flexibility index (Phi) is 4.63. The van der Waals surface area contributed by atoms with Gasteiger partial charge in [0.05, 0.1) is 6.61 Å². The molecule has 6 nitrogen and oxygen atoms in total. The molecule has 0 saturated carbocycles. The molecule has 1 amide bonds. The largest absolute Gasteiger partial charge is 0.395 e. The van der Waals surface area contributed by atoms with Crippen LogP contribution in [-0.4, -0.2) is 45.1 Å². The van der Waals surface area contributed by atoms with Crippen LogP contribution in [0.25, 0.3) is 0 Å². The first-order chi connectivity index (χ1) is 7.58. The van der Waals surface area contributed by atoms with E-state index in [4.69, 9.17) is 5.11 Å². The first-order valence-electron chi connectivity index (χ1n) is 4.80. The minimum Gasteiger partial charge on any atom is -0.395 e. The van der Waals surface area contributed by atoms with Crippen LogP contribution in [0.4, 0.5) is 0 Å². The number of nitrogens with one attached hydrogen (secondary N) is 3. The summed E-state index contributed by atoms with van der Waals surface area (Å²) in [4.78, 5) is 27.1. The second-order valence-corrected chi connectivity index (χ2v) is 4.45. The lowest BCUT2D eigenvalue weighted by atomic mass is 10.2. The van der Waals surface area contributed by atoms with E-state index >= 15 is 0 Å². The highest BCUT2D eigenvalue weighted by atomic mass is 32.2. The predicted molar refractivity (Wildman–Crippen MR) is 62.7 cm³/mol. The Hall–Kier alpha value is -1.21. The van der Waals surface area contributed by atoms with Gasteiger partial charge in [-0.2, -0.15) is 11.8 Å². The first kappa shape index (κ1) is 12.9. The smallest absolute Gasteiger partial charge is 0.323 e. The highest BCUT2D eigenvalue weighted by molar-refractivity contribution is 7.99. The number of aliphatic hydroxyl groups excluding tert-OH is 1. The van der Waals surface area contributed by atoms with Crippen molar-refractivity contribution in [3.63, 3.8) is 0 Å². The maximum atomic E-state index is 11.6. The van der Waals surface area contributed by atoms with E-state index < -0.39 is 5.69 Å². The van der Waals surface area contributed by atoms with Gasteiger partial charge in [0.2, 0.25) is 0 Å². The van der Waals surface area contributed by atoms with Crippen molar-refractivity contribution < 1.29 is 9.90 Å². The van der Waals surface area contributed by atoms with Gasteiger partial charge in [-0.3, -0.25) is 4.79 Å². The number of hydrogen-bond acceptors (Lipinski definition) is 4. The SMILES string of the molecule is CSC(CO)C(C)NC(=O)c1c[nH]c(=O)[nH]1. The number of aliphatic hydroxyl groups is 1. The standard InChI is InChI=1S/C9H15N3O3S/c1-5(7(4-13)16-2)11-8(14)6-3-10-9(15)12-6/h3,5,7,13H,4H2,1-2H3,(H,11,14)(H2,10,12,15). The Morgan fingerprint density at radius 2 is 2.38 bits per heavy atom. The van der Waals surface area contributed by atoms with Crippen molar-refractivity contribution in [2.75, 3.05) is 12.9 Å². The number of amides is 1. The van der Waals surface area contributed by atoms with Crippen molar-refractivity contribution in [2.45, 2.75) is 18.2 Å². The van der Waals surface area contributed by atoms with Crippen LogP contribution in [0.3, 0.4) is 0 Å². The van der Waals surface area contributed by atoms with Crippen LogP contribution in [0.2, 0.25) is 0 Å². The lowest BCUT2D eigenvalue weighted by Gasteiger charge is -2.20. The highest BCUT2D eigenvalue weighted by Gasteiger charge is 2.18. The zero-order valence-corrected chi connectivity index (χ0v) is 9.93. The molecule has 1 heterocycles. The lowest BCUT2D eigenvalue weighted by Crippen LogP contribution is -2.41. The van der Waals surface area contributed by atoms with Gasteiger partial charge in [-0.25, -0.2) is 4.79 Å². The summed E-state index contributed by atoms with van der Waals surface area (Å²) in [5.74, 6) is -0.363. The average Bonchev–Trinajstić information content (AvgIpc) is 2.66. The summed E-state index contributed by atoms with van der Waals surface area (Å²) >= 11 is 1.48. The van der Waals surface area contributed by atoms with Crippen LogP contribution < -0.4 is 11.0 Å². The lowest BCUT2D eigenvalue weighted by molar-refractivity contribution is 0.0931. The van der Waals surface area contributed by atoms with Gasteiger partial charge in [0, 0.05) is 17.5 Å². The minimum absolute atomic E-state index is 0.00767. The van der Waals surface area contributed by atoms with Crippen LogP contribution in [0.5, 0.6) is 0 Å². The number of rotatable bonds is 5. The summed E-state index contributed by atoms with van der Waals surface area (Å²) in [6.07, 6.45) is 3.18. The van der Waals surface area contributed by atoms with Crippen LogP contribution in [0.1, 0.15) is 17.4 Å². The molecule has 7 heteroatoms. The molecule has 4 N–H and O–H groups in total. The summed E-state index contributed by atoms with van der Waals surface area (Å²) in [5.41, 5.74) is -0.226. The van der Waals surface area contributed by atoms with Crippen LogP contribution in [0, 0.1) is 0 Å². The van der Waals surface area contributed by atoms with Crippen molar-refractivity contribution in [3.05, 3.63) is 22.4 Å². The molecule has 2 atom stereocenters. The predicted octanol–water partition coefficient (Wildman–Crippen LogP) is -0.455. The van der Waals surface area contributed by atoms with Crippen molar-refractivity contribution >= 4 is 17.7 Å². The molecule has 0 aliphatic carbocycles. The molecule has 0 saturated heterocycles. The fourth-order valence-electron chi connectivity index (χ4n) is 1.27. The van der Waals surface area contributed by atoms with E-state index in [0.29, 0.717) is 0 Å². The van der Waals surface area contributed by atoms with Crippen molar-refractivity contribution in [2.24, 2.45) is 0 Å². The van der Waals surface area contributed by atoms with Gasteiger partial charge in [-0.1, -0.05) is 0 Å². The molecule has 1 rings (SSSR count). The first-order valence-corrected chi connectivity index (χ1v) is 6.09. The Labute approximate surface area is 96.8 Å². The average molecular weight is 245 g/mol. The van der Waals surface area contributed by atoms with Gasteiger partial charge in [0.15, 0.2) is 0 Å². The highest BCUT2D eigenvalue weighted by Crippen LogP contribution is 2.10. The minimum atomic E-state index is -0.415. The number of hydrogen-bond donors (Lipinski definition) is 4. The van der Waals surface area contributed by atoms with E-state index in [9.17, 15) is 9.59 Å². The van der Waals surface area contributed by atoms with E-state index in [2.05, 4.69) is 15.3 Å². The Balaban J connectivity index is 2.60. The molecule has 0 fully saturated rings. The van der Waals surface area contributed by atoms with Crippen LogP contribution in [0.15, 0.2) is 11.0 Å². The number of carbonyl (C=O) groups excluding carboxylic acids is 1. The molecule has 0 aromatic carbocycles. The molecule has 2 unspecified atom stereocenters. The van der Waals surface area contributed by atoms with Gasteiger partial charge in [0.25, 0.3) is 5.91 Å². The molecule has 0 aliphatic rings. The second-order valence-electron chi connectivity index (χ2n) is 3.38. The fraction of sp³-hybridized carbons (Fsp3) is 0.556. The van der Waals surface area contributed by atoms with Crippen LogP contribution >= 0.6 is 11.8 Å². The monoisotopic (exact) mass is 245 g/mol. The zero-order chi connectivity index (χ0) is 12.1. The molecule has 0 aliphatic heterocycles. The van der Waals surface area contributed by atoms with Crippen molar-refractivity contribution in [3.8, 4) is 0 Å². The Morgan fingerprint density at radius 3 is 2.81 bits per heavy atom. The molecule has 0 spiro atoms. The number of imidazole rings is 1. The number of aromatic nitrogens is 2. The summed E-state index contributed by atoms with van der Waals surface area (Å²) in [5, 5.41) is 11.7. The second kappa shape index (κ2) is 5.76.